The van der Waals surface area contributed by atoms with Gasteiger partial charge in [-0.15, -0.1) is 0 Å². The minimum Gasteiger partial charge on any atom is -0.307 e. The molecule has 1 aromatic rings. The summed E-state index contributed by atoms with van der Waals surface area (Å²) in [5.74, 6) is 0.874. The SMILES string of the molecule is CC(N[C@H](C)C1CCCCCC1)c1ccccc1. The Kier molecular flexibility index (Phi) is 5.25. The monoisotopic (exact) mass is 245 g/mol. The topological polar surface area (TPSA) is 12.0 Å². The van der Waals surface area contributed by atoms with Crippen LogP contribution >= 0.6 is 0 Å². The molecule has 1 N–H and O–H groups in total. The van der Waals surface area contributed by atoms with Crippen molar-refractivity contribution in [2.75, 3.05) is 0 Å². The highest BCUT2D eigenvalue weighted by Gasteiger charge is 2.20. The molecule has 0 aliphatic heterocycles. The molecule has 0 amide bonds. The molecule has 100 valence electrons. The zero-order valence-electron chi connectivity index (χ0n) is 11.9. The molecule has 1 unspecified atom stereocenters. The number of rotatable bonds is 4. The van der Waals surface area contributed by atoms with Crippen molar-refractivity contribution >= 4 is 0 Å². The van der Waals surface area contributed by atoms with Crippen LogP contribution in [0.15, 0.2) is 30.3 Å². The van der Waals surface area contributed by atoms with Crippen LogP contribution in [-0.4, -0.2) is 6.04 Å². The molecule has 0 saturated heterocycles. The van der Waals surface area contributed by atoms with Gasteiger partial charge in [-0.2, -0.15) is 0 Å². The van der Waals surface area contributed by atoms with Gasteiger partial charge in [0.15, 0.2) is 0 Å². The second kappa shape index (κ2) is 6.94. The minimum atomic E-state index is 0.462. The van der Waals surface area contributed by atoms with Crippen molar-refractivity contribution < 1.29 is 0 Å². The number of hydrogen-bond acceptors (Lipinski definition) is 1. The second-order valence-electron chi connectivity index (χ2n) is 5.84. The molecule has 0 aromatic heterocycles. The fourth-order valence-corrected chi connectivity index (χ4v) is 3.18. The van der Waals surface area contributed by atoms with E-state index in [4.69, 9.17) is 0 Å². The molecule has 1 fully saturated rings. The maximum atomic E-state index is 3.79. The average molecular weight is 245 g/mol. The van der Waals surface area contributed by atoms with Gasteiger partial charge in [0.05, 0.1) is 0 Å². The van der Waals surface area contributed by atoms with Gasteiger partial charge in [0.2, 0.25) is 0 Å². The molecule has 0 radical (unpaired) electrons. The first-order valence-corrected chi connectivity index (χ1v) is 7.58. The van der Waals surface area contributed by atoms with Gasteiger partial charge in [0, 0.05) is 12.1 Å². The highest BCUT2D eigenvalue weighted by atomic mass is 14.9. The first-order chi connectivity index (χ1) is 8.77. The smallest absolute Gasteiger partial charge is 0.0294 e. The Morgan fingerprint density at radius 2 is 1.56 bits per heavy atom. The summed E-state index contributed by atoms with van der Waals surface area (Å²) in [6.07, 6.45) is 8.56. The Morgan fingerprint density at radius 3 is 2.17 bits per heavy atom. The van der Waals surface area contributed by atoms with Gasteiger partial charge >= 0.3 is 0 Å². The first-order valence-electron chi connectivity index (χ1n) is 7.58. The van der Waals surface area contributed by atoms with E-state index in [9.17, 15) is 0 Å². The third kappa shape index (κ3) is 3.84. The van der Waals surface area contributed by atoms with E-state index < -0.39 is 0 Å². The first kappa shape index (κ1) is 13.6. The van der Waals surface area contributed by atoms with Crippen LogP contribution in [0.1, 0.15) is 64.0 Å². The van der Waals surface area contributed by atoms with Gasteiger partial charge < -0.3 is 5.32 Å². The predicted octanol–water partition coefficient (Wildman–Crippen LogP) is 4.70. The van der Waals surface area contributed by atoms with Crippen molar-refractivity contribution in [3.05, 3.63) is 35.9 Å². The lowest BCUT2D eigenvalue weighted by molar-refractivity contribution is 0.316. The summed E-state index contributed by atoms with van der Waals surface area (Å²) in [6.45, 7) is 4.65. The fourth-order valence-electron chi connectivity index (χ4n) is 3.18. The third-order valence-electron chi connectivity index (χ3n) is 4.42. The number of nitrogens with one attached hydrogen (secondary N) is 1. The molecule has 2 rings (SSSR count). The van der Waals surface area contributed by atoms with Gasteiger partial charge in [-0.05, 0) is 38.2 Å². The van der Waals surface area contributed by atoms with Gasteiger partial charge in [0.1, 0.15) is 0 Å². The lowest BCUT2D eigenvalue weighted by Gasteiger charge is -2.27. The van der Waals surface area contributed by atoms with Crippen molar-refractivity contribution in [2.45, 2.75) is 64.5 Å². The van der Waals surface area contributed by atoms with Gasteiger partial charge in [-0.1, -0.05) is 56.0 Å². The predicted molar refractivity (Wildman–Crippen MR) is 78.6 cm³/mol. The molecule has 0 spiro atoms. The molecular formula is C17H27N. The van der Waals surface area contributed by atoms with E-state index in [0.717, 1.165) is 5.92 Å². The maximum Gasteiger partial charge on any atom is 0.0294 e. The van der Waals surface area contributed by atoms with E-state index in [0.29, 0.717) is 12.1 Å². The van der Waals surface area contributed by atoms with Gasteiger partial charge in [-0.25, -0.2) is 0 Å². The molecule has 0 bridgehead atoms. The molecule has 1 aromatic carbocycles. The van der Waals surface area contributed by atoms with E-state index in [1.54, 1.807) is 0 Å². The largest absolute Gasteiger partial charge is 0.307 e. The van der Waals surface area contributed by atoms with Crippen molar-refractivity contribution in [1.82, 2.24) is 5.32 Å². The van der Waals surface area contributed by atoms with E-state index in [-0.39, 0.29) is 0 Å². The Bertz CT molecular complexity index is 325. The molecule has 2 atom stereocenters. The average Bonchev–Trinajstić information content (AvgIpc) is 2.68. The summed E-state index contributed by atoms with van der Waals surface area (Å²) in [7, 11) is 0. The summed E-state index contributed by atoms with van der Waals surface area (Å²) >= 11 is 0. The van der Waals surface area contributed by atoms with Crippen molar-refractivity contribution in [2.24, 2.45) is 5.92 Å². The van der Waals surface area contributed by atoms with Crippen LogP contribution in [0.3, 0.4) is 0 Å². The maximum absolute atomic E-state index is 3.79. The van der Waals surface area contributed by atoms with Crippen LogP contribution in [0.5, 0.6) is 0 Å². The Balaban J connectivity index is 1.88. The Morgan fingerprint density at radius 1 is 0.944 bits per heavy atom. The molecule has 1 saturated carbocycles. The Hall–Kier alpha value is -0.820. The lowest BCUT2D eigenvalue weighted by atomic mass is 9.92. The molecular weight excluding hydrogens is 218 g/mol. The molecule has 1 heteroatoms. The summed E-state index contributed by atoms with van der Waals surface area (Å²) in [5.41, 5.74) is 1.40. The van der Waals surface area contributed by atoms with E-state index in [1.807, 2.05) is 0 Å². The molecule has 1 aliphatic carbocycles. The standard InChI is InChI=1S/C17H27N/c1-14(16-10-6-3-4-7-11-16)18-15(2)17-12-8-5-9-13-17/h5,8-9,12-16,18H,3-4,6-7,10-11H2,1-2H3/t14-,15?/m1/s1. The highest BCUT2D eigenvalue weighted by Crippen LogP contribution is 2.26. The fraction of sp³-hybridized carbons (Fsp3) is 0.647. The number of hydrogen-bond donors (Lipinski definition) is 1. The number of benzene rings is 1. The van der Waals surface area contributed by atoms with E-state index in [2.05, 4.69) is 49.5 Å². The second-order valence-corrected chi connectivity index (χ2v) is 5.84. The normalized spacial score (nSPS) is 21.2. The van der Waals surface area contributed by atoms with Crippen molar-refractivity contribution in [3.63, 3.8) is 0 Å². The summed E-state index contributed by atoms with van der Waals surface area (Å²) < 4.78 is 0. The van der Waals surface area contributed by atoms with Gasteiger partial charge in [-0.3, -0.25) is 0 Å². The van der Waals surface area contributed by atoms with Crippen LogP contribution in [0.25, 0.3) is 0 Å². The summed E-state index contributed by atoms with van der Waals surface area (Å²) in [6, 6.07) is 11.9. The van der Waals surface area contributed by atoms with Crippen molar-refractivity contribution in [3.8, 4) is 0 Å². The van der Waals surface area contributed by atoms with Crippen LogP contribution < -0.4 is 5.32 Å². The van der Waals surface area contributed by atoms with Crippen LogP contribution in [0.2, 0.25) is 0 Å². The van der Waals surface area contributed by atoms with E-state index in [1.165, 1.54) is 44.1 Å². The van der Waals surface area contributed by atoms with Crippen LogP contribution in [0, 0.1) is 5.92 Å². The summed E-state index contributed by atoms with van der Waals surface area (Å²) in [4.78, 5) is 0. The van der Waals surface area contributed by atoms with Gasteiger partial charge in [0.25, 0.3) is 0 Å². The highest BCUT2D eigenvalue weighted by molar-refractivity contribution is 5.18. The molecule has 1 nitrogen and oxygen atoms in total. The zero-order valence-corrected chi connectivity index (χ0v) is 11.9. The minimum absolute atomic E-state index is 0.462. The molecule has 0 heterocycles. The quantitative estimate of drug-likeness (QED) is 0.758. The third-order valence-corrected chi connectivity index (χ3v) is 4.42. The summed E-state index contributed by atoms with van der Waals surface area (Å²) in [5, 5.41) is 3.79. The Labute approximate surface area is 112 Å². The van der Waals surface area contributed by atoms with E-state index >= 15 is 0 Å². The zero-order chi connectivity index (χ0) is 12.8. The lowest BCUT2D eigenvalue weighted by Crippen LogP contribution is -2.35. The molecule has 18 heavy (non-hydrogen) atoms. The van der Waals surface area contributed by atoms with Crippen LogP contribution in [0.4, 0.5) is 0 Å². The van der Waals surface area contributed by atoms with Crippen molar-refractivity contribution in [1.29, 1.82) is 0 Å². The molecule has 1 aliphatic rings. The van der Waals surface area contributed by atoms with Crippen LogP contribution in [-0.2, 0) is 0 Å².